The molecule has 1 heterocycles. The molecule has 0 N–H and O–H groups in total. The van der Waals surface area contributed by atoms with Gasteiger partial charge in [-0.05, 0) is 18.5 Å². The van der Waals surface area contributed by atoms with Crippen LogP contribution in [0.15, 0.2) is 0 Å². The summed E-state index contributed by atoms with van der Waals surface area (Å²) in [5, 5.41) is 0. The summed E-state index contributed by atoms with van der Waals surface area (Å²) in [7, 11) is 0.116. The Morgan fingerprint density at radius 2 is 2.38 bits per heavy atom. The largest absolute Gasteiger partial charge is 0.465 e. The number of ether oxygens (including phenoxy) is 2. The zero-order chi connectivity index (χ0) is 9.52. The number of hydrogen-bond acceptors (Lipinski definition) is 3. The lowest BCUT2D eigenvalue weighted by Gasteiger charge is -2.10. The second-order valence-electron chi connectivity index (χ2n) is 3.44. The monoisotopic (exact) mass is 220 g/mol. The van der Waals surface area contributed by atoms with E-state index in [0.29, 0.717) is 6.10 Å². The van der Waals surface area contributed by atoms with Crippen LogP contribution in [0.4, 0.5) is 0 Å². The molecular formula is C8H20O3Si2. The molecule has 78 valence electrons. The lowest BCUT2D eigenvalue weighted by Crippen LogP contribution is -2.15. The van der Waals surface area contributed by atoms with Crippen LogP contribution in [0.3, 0.4) is 0 Å². The van der Waals surface area contributed by atoms with Crippen LogP contribution in [0.25, 0.3) is 0 Å². The predicted octanol–water partition coefficient (Wildman–Crippen LogP) is -0.167. The maximum absolute atomic E-state index is 5.54. The Kier molecular flexibility index (Phi) is 5.89. The summed E-state index contributed by atoms with van der Waals surface area (Å²) in [4.78, 5) is 0. The lowest BCUT2D eigenvalue weighted by atomic mass is 10.5. The van der Waals surface area contributed by atoms with Crippen LogP contribution in [0.1, 0.15) is 13.3 Å². The van der Waals surface area contributed by atoms with E-state index >= 15 is 0 Å². The fraction of sp³-hybridized carbons (Fsp3) is 1.00. The first-order chi connectivity index (χ1) is 6.36. The predicted molar refractivity (Wildman–Crippen MR) is 58.6 cm³/mol. The Hall–Kier alpha value is 0.314. The summed E-state index contributed by atoms with van der Waals surface area (Å²) in [6.45, 7) is 4.80. The highest BCUT2D eigenvalue weighted by Gasteiger charge is 2.21. The first-order valence-electron chi connectivity index (χ1n) is 5.09. The average Bonchev–Trinajstić information content (AvgIpc) is 2.95. The van der Waals surface area contributed by atoms with E-state index in [2.05, 4.69) is 6.92 Å². The van der Waals surface area contributed by atoms with Gasteiger partial charge < -0.3 is 13.6 Å². The van der Waals surface area contributed by atoms with Gasteiger partial charge >= 0.3 is 0 Å². The van der Waals surface area contributed by atoms with Gasteiger partial charge in [0.15, 0.2) is 9.04 Å². The highest BCUT2D eigenvalue weighted by Crippen LogP contribution is 2.09. The molecule has 0 aromatic heterocycles. The maximum Gasteiger partial charge on any atom is 0.162 e. The van der Waals surface area contributed by atoms with Gasteiger partial charge in [0.2, 0.25) is 0 Å². The molecule has 1 rings (SSSR count). The summed E-state index contributed by atoms with van der Waals surface area (Å²) in [5.74, 6) is 0. The first-order valence-corrected chi connectivity index (χ1v) is 8.01. The van der Waals surface area contributed by atoms with E-state index in [9.17, 15) is 0 Å². The van der Waals surface area contributed by atoms with Gasteiger partial charge in [-0.1, -0.05) is 6.92 Å². The van der Waals surface area contributed by atoms with Crippen molar-refractivity contribution < 1.29 is 13.6 Å². The Morgan fingerprint density at radius 1 is 1.62 bits per heavy atom. The van der Waals surface area contributed by atoms with E-state index in [0.717, 1.165) is 30.3 Å². The molecule has 3 nitrogen and oxygen atoms in total. The van der Waals surface area contributed by atoms with Crippen LogP contribution in [-0.2, 0) is 13.6 Å². The van der Waals surface area contributed by atoms with Crippen molar-refractivity contribution in [1.82, 2.24) is 0 Å². The molecule has 0 aromatic rings. The molecule has 1 aliphatic rings. The zero-order valence-electron chi connectivity index (χ0n) is 8.62. The third-order valence-corrected chi connectivity index (χ3v) is 6.94. The van der Waals surface area contributed by atoms with Crippen LogP contribution in [0, 0.1) is 0 Å². The minimum absolute atomic E-state index is 0.411. The second kappa shape index (κ2) is 6.72. The normalized spacial score (nSPS) is 23.3. The van der Waals surface area contributed by atoms with E-state index in [4.69, 9.17) is 13.6 Å². The molecule has 2 atom stereocenters. The average molecular weight is 220 g/mol. The standard InChI is InChI=1S/C8H20O3Si2/c1-2-13(11-12)5-3-4-9-6-8-7-10-8/h8,13H,2-7H2,1,12H3. The van der Waals surface area contributed by atoms with Crippen LogP contribution < -0.4 is 0 Å². The second-order valence-corrected chi connectivity index (χ2v) is 7.96. The van der Waals surface area contributed by atoms with Crippen LogP contribution in [0.2, 0.25) is 12.1 Å². The molecular weight excluding hydrogens is 200 g/mol. The summed E-state index contributed by atoms with van der Waals surface area (Å²) in [6.07, 6.45) is 1.58. The number of rotatable bonds is 8. The molecule has 1 aliphatic heterocycles. The molecule has 13 heavy (non-hydrogen) atoms. The first kappa shape index (κ1) is 11.4. The van der Waals surface area contributed by atoms with E-state index in [1.165, 1.54) is 18.5 Å². The van der Waals surface area contributed by atoms with Crippen molar-refractivity contribution in [3.8, 4) is 0 Å². The third-order valence-electron chi connectivity index (χ3n) is 2.31. The molecule has 5 heteroatoms. The Bertz CT molecular complexity index is 127. The molecule has 0 amide bonds. The highest BCUT2D eigenvalue weighted by atomic mass is 28.3. The van der Waals surface area contributed by atoms with Crippen molar-refractivity contribution in [1.29, 1.82) is 0 Å². The van der Waals surface area contributed by atoms with E-state index < -0.39 is 9.04 Å². The molecule has 0 spiro atoms. The summed E-state index contributed by atoms with van der Waals surface area (Å²) in [6, 6.07) is 2.53. The quantitative estimate of drug-likeness (QED) is 0.323. The third kappa shape index (κ3) is 5.59. The molecule has 1 fully saturated rings. The van der Waals surface area contributed by atoms with Gasteiger partial charge in [0, 0.05) is 6.61 Å². The van der Waals surface area contributed by atoms with Gasteiger partial charge in [-0.25, -0.2) is 0 Å². The lowest BCUT2D eigenvalue weighted by molar-refractivity contribution is 0.116. The van der Waals surface area contributed by atoms with E-state index in [1.54, 1.807) is 0 Å². The summed E-state index contributed by atoms with van der Waals surface area (Å²) < 4.78 is 16.0. The van der Waals surface area contributed by atoms with Crippen LogP contribution >= 0.6 is 0 Å². The minimum Gasteiger partial charge on any atom is -0.465 e. The van der Waals surface area contributed by atoms with Crippen LogP contribution in [-0.4, -0.2) is 45.5 Å². The molecule has 2 unspecified atom stereocenters. The van der Waals surface area contributed by atoms with Crippen molar-refractivity contribution >= 4 is 19.5 Å². The molecule has 0 aromatic carbocycles. The Morgan fingerprint density at radius 3 is 2.92 bits per heavy atom. The van der Waals surface area contributed by atoms with Gasteiger partial charge in [-0.3, -0.25) is 0 Å². The minimum atomic E-state index is -0.793. The van der Waals surface area contributed by atoms with Crippen molar-refractivity contribution in [3.63, 3.8) is 0 Å². The summed E-state index contributed by atoms with van der Waals surface area (Å²) in [5.41, 5.74) is 0. The molecule has 0 radical (unpaired) electrons. The fourth-order valence-electron chi connectivity index (χ4n) is 1.28. The Balaban J connectivity index is 1.81. The molecule has 0 aliphatic carbocycles. The Labute approximate surface area is 85.0 Å². The van der Waals surface area contributed by atoms with Crippen molar-refractivity contribution in [2.75, 3.05) is 19.8 Å². The number of epoxide rings is 1. The SMILES string of the molecule is CC[SiH](CCCOCC1CO1)O[SiH3]. The smallest absolute Gasteiger partial charge is 0.162 e. The van der Waals surface area contributed by atoms with E-state index in [1.807, 2.05) is 0 Å². The van der Waals surface area contributed by atoms with Crippen molar-refractivity contribution in [3.05, 3.63) is 0 Å². The maximum atomic E-state index is 5.54. The van der Waals surface area contributed by atoms with Crippen molar-refractivity contribution in [2.45, 2.75) is 31.5 Å². The topological polar surface area (TPSA) is 31.0 Å². The van der Waals surface area contributed by atoms with Gasteiger partial charge in [0.25, 0.3) is 0 Å². The zero-order valence-corrected chi connectivity index (χ0v) is 11.8. The van der Waals surface area contributed by atoms with Crippen molar-refractivity contribution in [2.24, 2.45) is 0 Å². The summed E-state index contributed by atoms with van der Waals surface area (Å²) >= 11 is 0. The van der Waals surface area contributed by atoms with Crippen LogP contribution in [0.5, 0.6) is 0 Å². The van der Waals surface area contributed by atoms with Gasteiger partial charge in [-0.2, -0.15) is 0 Å². The molecule has 0 bridgehead atoms. The van der Waals surface area contributed by atoms with E-state index in [-0.39, 0.29) is 0 Å². The molecule has 0 saturated carbocycles. The van der Waals surface area contributed by atoms with Gasteiger partial charge in [0.1, 0.15) is 16.6 Å². The van der Waals surface area contributed by atoms with Gasteiger partial charge in [0.05, 0.1) is 13.2 Å². The number of hydrogen-bond donors (Lipinski definition) is 0. The van der Waals surface area contributed by atoms with Gasteiger partial charge in [-0.15, -0.1) is 0 Å². The molecule has 1 saturated heterocycles. The fourth-order valence-corrected chi connectivity index (χ4v) is 4.59. The highest BCUT2D eigenvalue weighted by molar-refractivity contribution is 6.55.